The van der Waals surface area contributed by atoms with Crippen LogP contribution in [0.4, 0.5) is 0 Å². The second kappa shape index (κ2) is 7.29. The third-order valence-corrected chi connectivity index (χ3v) is 3.08. The summed E-state index contributed by atoms with van der Waals surface area (Å²) in [4.78, 5) is 12.1. The zero-order valence-corrected chi connectivity index (χ0v) is 13.1. The third kappa shape index (κ3) is 5.21. The van der Waals surface area contributed by atoms with E-state index in [0.29, 0.717) is 6.61 Å². The molecule has 2 N–H and O–H groups in total. The number of carbonyl (C=O) groups excluding carboxylic acids is 1. The van der Waals surface area contributed by atoms with Crippen molar-refractivity contribution in [2.75, 3.05) is 13.2 Å². The minimum absolute atomic E-state index is 0.0145. The largest absolute Gasteiger partial charge is 0.491 e. The average Bonchev–Trinajstić information content (AvgIpc) is 2.38. The molecule has 1 rings (SSSR count). The van der Waals surface area contributed by atoms with Gasteiger partial charge in [-0.05, 0) is 46.4 Å². The Morgan fingerprint density at radius 3 is 2.45 bits per heavy atom. The van der Waals surface area contributed by atoms with Gasteiger partial charge in [0.25, 0.3) is 0 Å². The fourth-order valence-corrected chi connectivity index (χ4v) is 1.82. The molecule has 0 aliphatic heterocycles. The van der Waals surface area contributed by atoms with Gasteiger partial charge in [0, 0.05) is 0 Å². The number of benzene rings is 1. The van der Waals surface area contributed by atoms with Crippen molar-refractivity contribution >= 4 is 5.91 Å². The van der Waals surface area contributed by atoms with Crippen LogP contribution in [0.25, 0.3) is 0 Å². The number of ether oxygens (including phenoxy) is 1. The van der Waals surface area contributed by atoms with Gasteiger partial charge >= 0.3 is 0 Å². The molecule has 0 saturated heterocycles. The number of carbonyl (C=O) groups is 1. The van der Waals surface area contributed by atoms with Crippen LogP contribution in [0.5, 0.6) is 5.75 Å². The third-order valence-electron chi connectivity index (χ3n) is 3.08. The van der Waals surface area contributed by atoms with Gasteiger partial charge in [0.1, 0.15) is 12.4 Å². The molecule has 0 aliphatic carbocycles. The molecular formula is C16H26N2O2. The number of rotatable bonds is 7. The average molecular weight is 278 g/mol. The molecule has 0 heterocycles. The van der Waals surface area contributed by atoms with Crippen molar-refractivity contribution in [3.63, 3.8) is 0 Å². The molecule has 112 valence electrons. The zero-order chi connectivity index (χ0) is 15.2. The van der Waals surface area contributed by atoms with Crippen molar-refractivity contribution in [3.8, 4) is 5.75 Å². The van der Waals surface area contributed by atoms with Crippen molar-refractivity contribution in [2.24, 2.45) is 0 Å². The van der Waals surface area contributed by atoms with Crippen molar-refractivity contribution in [1.29, 1.82) is 0 Å². The Hall–Kier alpha value is -1.55. The summed E-state index contributed by atoms with van der Waals surface area (Å²) in [6.45, 7) is 10.9. The van der Waals surface area contributed by atoms with Crippen molar-refractivity contribution in [3.05, 3.63) is 29.8 Å². The predicted molar refractivity (Wildman–Crippen MR) is 82.0 cm³/mol. The lowest BCUT2D eigenvalue weighted by atomic mass is 10.0. The van der Waals surface area contributed by atoms with Gasteiger partial charge in [0.2, 0.25) is 5.91 Å². The quantitative estimate of drug-likeness (QED) is 0.804. The van der Waals surface area contributed by atoms with E-state index in [1.54, 1.807) is 0 Å². The summed E-state index contributed by atoms with van der Waals surface area (Å²) in [6.07, 6.45) is 0. The molecular weight excluding hydrogens is 252 g/mol. The first-order valence-corrected chi connectivity index (χ1v) is 7.10. The highest BCUT2D eigenvalue weighted by Gasteiger charge is 2.27. The standard InChI is InChI=1S/C16H26N2O2/c1-6-17-16(4,5)15(19)18-13(3)11-20-14-9-7-12(2)8-10-14/h7-10,13,17H,6,11H2,1-5H3,(H,18,19). The van der Waals surface area contributed by atoms with Crippen molar-refractivity contribution < 1.29 is 9.53 Å². The van der Waals surface area contributed by atoms with E-state index >= 15 is 0 Å². The summed E-state index contributed by atoms with van der Waals surface area (Å²) in [5, 5.41) is 6.11. The summed E-state index contributed by atoms with van der Waals surface area (Å²) in [7, 11) is 0. The first-order valence-electron chi connectivity index (χ1n) is 7.10. The Morgan fingerprint density at radius 1 is 1.30 bits per heavy atom. The van der Waals surface area contributed by atoms with Gasteiger partial charge in [-0.25, -0.2) is 0 Å². The SMILES string of the molecule is CCNC(C)(C)C(=O)NC(C)COc1ccc(C)cc1. The number of aryl methyl sites for hydroxylation is 1. The Balaban J connectivity index is 2.41. The van der Waals surface area contributed by atoms with Crippen LogP contribution in [0, 0.1) is 6.92 Å². The lowest BCUT2D eigenvalue weighted by Crippen LogP contribution is -2.55. The zero-order valence-electron chi connectivity index (χ0n) is 13.1. The lowest BCUT2D eigenvalue weighted by molar-refractivity contribution is -0.127. The minimum atomic E-state index is -0.563. The molecule has 1 unspecified atom stereocenters. The van der Waals surface area contributed by atoms with Gasteiger partial charge in [-0.2, -0.15) is 0 Å². The number of amides is 1. The van der Waals surface area contributed by atoms with Crippen LogP contribution in [0.1, 0.15) is 33.3 Å². The van der Waals surface area contributed by atoms with Gasteiger partial charge in [0.05, 0.1) is 11.6 Å². The highest BCUT2D eigenvalue weighted by molar-refractivity contribution is 5.85. The van der Waals surface area contributed by atoms with E-state index in [0.717, 1.165) is 12.3 Å². The van der Waals surface area contributed by atoms with Gasteiger partial charge in [-0.3, -0.25) is 4.79 Å². The van der Waals surface area contributed by atoms with Crippen LogP contribution in [-0.2, 0) is 4.79 Å². The Labute approximate surface area is 121 Å². The summed E-state index contributed by atoms with van der Waals surface area (Å²) >= 11 is 0. The smallest absolute Gasteiger partial charge is 0.240 e. The molecule has 20 heavy (non-hydrogen) atoms. The number of hydrogen-bond acceptors (Lipinski definition) is 3. The van der Waals surface area contributed by atoms with E-state index in [1.165, 1.54) is 5.56 Å². The second-order valence-corrected chi connectivity index (χ2v) is 5.65. The maximum atomic E-state index is 12.1. The monoisotopic (exact) mass is 278 g/mol. The normalized spacial score (nSPS) is 12.8. The summed E-state index contributed by atoms with van der Waals surface area (Å²) in [5.74, 6) is 0.807. The molecule has 0 saturated carbocycles. The van der Waals surface area contributed by atoms with Gasteiger partial charge in [-0.1, -0.05) is 24.6 Å². The first-order chi connectivity index (χ1) is 9.35. The molecule has 0 aliphatic rings. The molecule has 0 bridgehead atoms. The molecule has 0 spiro atoms. The number of likely N-dealkylation sites (N-methyl/N-ethyl adjacent to an activating group) is 1. The molecule has 1 atom stereocenters. The van der Waals surface area contributed by atoms with Crippen LogP contribution in [0.2, 0.25) is 0 Å². The molecule has 0 fully saturated rings. The number of nitrogens with one attached hydrogen (secondary N) is 2. The number of hydrogen-bond donors (Lipinski definition) is 2. The summed E-state index contributed by atoms with van der Waals surface area (Å²) in [6, 6.07) is 7.85. The van der Waals surface area contributed by atoms with Crippen molar-refractivity contribution in [1.82, 2.24) is 10.6 Å². The maximum absolute atomic E-state index is 12.1. The fourth-order valence-electron chi connectivity index (χ4n) is 1.82. The van der Waals surface area contributed by atoms with Gasteiger partial charge in [0.15, 0.2) is 0 Å². The fraction of sp³-hybridized carbons (Fsp3) is 0.562. The van der Waals surface area contributed by atoms with Gasteiger partial charge in [-0.15, -0.1) is 0 Å². The molecule has 1 aromatic rings. The molecule has 0 aromatic heterocycles. The van der Waals surface area contributed by atoms with Crippen LogP contribution in [0.15, 0.2) is 24.3 Å². The van der Waals surface area contributed by atoms with Crippen LogP contribution >= 0.6 is 0 Å². The lowest BCUT2D eigenvalue weighted by Gasteiger charge is -2.26. The molecule has 4 heteroatoms. The summed E-state index contributed by atoms with van der Waals surface area (Å²) < 4.78 is 5.66. The second-order valence-electron chi connectivity index (χ2n) is 5.65. The van der Waals surface area contributed by atoms with E-state index in [-0.39, 0.29) is 11.9 Å². The molecule has 1 amide bonds. The van der Waals surface area contributed by atoms with E-state index in [4.69, 9.17) is 4.74 Å². The molecule has 4 nitrogen and oxygen atoms in total. The van der Waals surface area contributed by atoms with E-state index in [2.05, 4.69) is 10.6 Å². The molecule has 1 aromatic carbocycles. The predicted octanol–water partition coefficient (Wildman–Crippen LogP) is 2.27. The first kappa shape index (κ1) is 16.5. The minimum Gasteiger partial charge on any atom is -0.491 e. The Morgan fingerprint density at radius 2 is 1.90 bits per heavy atom. The van der Waals surface area contributed by atoms with E-state index in [1.807, 2.05) is 58.9 Å². The van der Waals surface area contributed by atoms with Crippen LogP contribution < -0.4 is 15.4 Å². The summed E-state index contributed by atoms with van der Waals surface area (Å²) in [5.41, 5.74) is 0.637. The van der Waals surface area contributed by atoms with Gasteiger partial charge < -0.3 is 15.4 Å². The van der Waals surface area contributed by atoms with Crippen molar-refractivity contribution in [2.45, 2.75) is 46.2 Å². The van der Waals surface area contributed by atoms with Crippen LogP contribution in [-0.4, -0.2) is 30.6 Å². The Kier molecular flexibility index (Phi) is 6.02. The Bertz CT molecular complexity index is 427. The highest BCUT2D eigenvalue weighted by Crippen LogP contribution is 2.11. The topological polar surface area (TPSA) is 50.4 Å². The maximum Gasteiger partial charge on any atom is 0.240 e. The molecule has 0 radical (unpaired) electrons. The van der Waals surface area contributed by atoms with E-state index in [9.17, 15) is 4.79 Å². The van der Waals surface area contributed by atoms with E-state index < -0.39 is 5.54 Å². The highest BCUT2D eigenvalue weighted by atomic mass is 16.5. The van der Waals surface area contributed by atoms with Crippen LogP contribution in [0.3, 0.4) is 0 Å².